The van der Waals surface area contributed by atoms with Crippen LogP contribution in [-0.2, 0) is 9.59 Å². The third-order valence-corrected chi connectivity index (χ3v) is 7.12. The Kier molecular flexibility index (Phi) is 5.87. The minimum absolute atomic E-state index is 0.00730. The lowest BCUT2D eigenvalue weighted by Crippen LogP contribution is -2.53. The highest BCUT2D eigenvalue weighted by Crippen LogP contribution is 2.37. The summed E-state index contributed by atoms with van der Waals surface area (Å²) in [6, 6.07) is 15.2. The lowest BCUT2D eigenvalue weighted by Gasteiger charge is -2.35. The molecule has 0 unspecified atom stereocenters. The van der Waals surface area contributed by atoms with Gasteiger partial charge in [0.25, 0.3) is 11.8 Å². The molecule has 0 atom stereocenters. The molecular weight excluding hydrogens is 432 g/mol. The van der Waals surface area contributed by atoms with Crippen LogP contribution in [0.15, 0.2) is 48.5 Å². The second-order valence-corrected chi connectivity index (χ2v) is 9.69. The second-order valence-electron chi connectivity index (χ2n) is 9.69. The number of nitrogens with zero attached hydrogens (tertiary/aromatic N) is 2. The van der Waals surface area contributed by atoms with Gasteiger partial charge in [0, 0.05) is 49.4 Å². The molecule has 5 rings (SSSR count). The maximum absolute atomic E-state index is 12.9. The Hall–Kier alpha value is -3.23. The van der Waals surface area contributed by atoms with Crippen molar-refractivity contribution in [1.29, 1.82) is 0 Å². The van der Waals surface area contributed by atoms with Crippen molar-refractivity contribution in [2.75, 3.05) is 31.5 Å². The van der Waals surface area contributed by atoms with Crippen LogP contribution in [0.5, 0.6) is 0 Å². The predicted molar refractivity (Wildman–Crippen MR) is 128 cm³/mol. The summed E-state index contributed by atoms with van der Waals surface area (Å²) in [7, 11) is 0. The normalized spacial score (nSPS) is 23.1. The summed E-state index contributed by atoms with van der Waals surface area (Å²) in [6.07, 6.45) is 2.52. The average Bonchev–Trinajstić information content (AvgIpc) is 3.60. The molecular formula is C26H30N4O4. The van der Waals surface area contributed by atoms with E-state index >= 15 is 0 Å². The van der Waals surface area contributed by atoms with E-state index in [4.69, 9.17) is 5.73 Å². The number of piperazine rings is 1. The first-order valence-electron chi connectivity index (χ1n) is 11.9. The third kappa shape index (κ3) is 4.56. The van der Waals surface area contributed by atoms with Crippen LogP contribution in [0.1, 0.15) is 36.0 Å². The van der Waals surface area contributed by atoms with E-state index in [0.29, 0.717) is 44.6 Å². The molecule has 8 heteroatoms. The molecule has 178 valence electrons. The van der Waals surface area contributed by atoms with E-state index in [1.54, 1.807) is 9.80 Å². The zero-order valence-corrected chi connectivity index (χ0v) is 19.1. The van der Waals surface area contributed by atoms with E-state index in [-0.39, 0.29) is 29.7 Å². The van der Waals surface area contributed by atoms with Crippen molar-refractivity contribution in [2.45, 2.75) is 37.3 Å². The smallest absolute Gasteiger partial charge is 0.254 e. The highest BCUT2D eigenvalue weighted by Gasteiger charge is 2.50. The number of carbonyl (C=O) groups is 3. The maximum atomic E-state index is 12.9. The molecule has 1 aliphatic heterocycles. The van der Waals surface area contributed by atoms with Crippen molar-refractivity contribution in [3.05, 3.63) is 54.1 Å². The van der Waals surface area contributed by atoms with Crippen LogP contribution < -0.4 is 11.1 Å². The number of amides is 3. The van der Waals surface area contributed by atoms with Crippen LogP contribution in [-0.4, -0.2) is 70.4 Å². The predicted octanol–water partition coefficient (Wildman–Crippen LogP) is 1.84. The molecule has 0 spiro atoms. The quantitative estimate of drug-likeness (QED) is 0.627. The van der Waals surface area contributed by atoms with Crippen LogP contribution in [0.2, 0.25) is 0 Å². The van der Waals surface area contributed by atoms with E-state index in [9.17, 15) is 19.5 Å². The second kappa shape index (κ2) is 8.85. The number of carbonyl (C=O) groups excluding carboxylic acids is 3. The molecule has 4 N–H and O–H groups in total. The van der Waals surface area contributed by atoms with Crippen LogP contribution in [0.3, 0.4) is 0 Å². The Labute approximate surface area is 198 Å². The number of aliphatic hydroxyl groups is 1. The zero-order chi connectivity index (χ0) is 23.9. The highest BCUT2D eigenvalue weighted by molar-refractivity contribution is 5.96. The summed E-state index contributed by atoms with van der Waals surface area (Å²) in [5.74, 6) is -0.280. The van der Waals surface area contributed by atoms with Crippen molar-refractivity contribution in [3.8, 4) is 11.1 Å². The van der Waals surface area contributed by atoms with Gasteiger partial charge in [-0.1, -0.05) is 24.3 Å². The van der Waals surface area contributed by atoms with Crippen molar-refractivity contribution >= 4 is 23.4 Å². The van der Waals surface area contributed by atoms with Crippen LogP contribution in [0.25, 0.3) is 11.1 Å². The van der Waals surface area contributed by atoms with E-state index < -0.39 is 5.60 Å². The van der Waals surface area contributed by atoms with Gasteiger partial charge in [0.15, 0.2) is 0 Å². The van der Waals surface area contributed by atoms with Gasteiger partial charge in [0.1, 0.15) is 5.60 Å². The number of nitrogens with one attached hydrogen (secondary N) is 1. The fourth-order valence-corrected chi connectivity index (χ4v) is 4.62. The molecule has 0 aromatic heterocycles. The van der Waals surface area contributed by atoms with Gasteiger partial charge in [-0.3, -0.25) is 14.4 Å². The molecule has 3 aliphatic rings. The molecule has 0 bridgehead atoms. The van der Waals surface area contributed by atoms with Gasteiger partial charge in [0.05, 0.1) is 0 Å². The van der Waals surface area contributed by atoms with Gasteiger partial charge >= 0.3 is 0 Å². The Morgan fingerprint density at radius 3 is 2.18 bits per heavy atom. The summed E-state index contributed by atoms with van der Waals surface area (Å²) in [6.45, 7) is 1.79. The monoisotopic (exact) mass is 462 g/mol. The van der Waals surface area contributed by atoms with Gasteiger partial charge in [-0.15, -0.1) is 0 Å². The van der Waals surface area contributed by atoms with Crippen LogP contribution in [0, 0.1) is 5.92 Å². The molecule has 2 aliphatic carbocycles. The summed E-state index contributed by atoms with van der Waals surface area (Å²) in [5.41, 5.74) is 7.86. The lowest BCUT2D eigenvalue weighted by molar-refractivity contribution is -0.143. The Morgan fingerprint density at radius 1 is 0.912 bits per heavy atom. The Bertz CT molecular complexity index is 1100. The Morgan fingerprint density at radius 2 is 1.56 bits per heavy atom. The minimum atomic E-state index is -1.16. The first-order valence-corrected chi connectivity index (χ1v) is 11.9. The molecule has 2 aromatic rings. The fraction of sp³-hybridized carbons (Fsp3) is 0.423. The van der Waals surface area contributed by atoms with Crippen molar-refractivity contribution < 1.29 is 19.5 Å². The first kappa shape index (κ1) is 22.6. The average molecular weight is 463 g/mol. The number of anilines is 1. The third-order valence-electron chi connectivity index (χ3n) is 7.12. The van der Waals surface area contributed by atoms with Gasteiger partial charge < -0.3 is 26.0 Å². The standard InChI is InChI=1S/C26H30N4O4/c27-21-14-20(15-21)23(31)28-22-3-1-2-19(16-22)17-4-6-18(7-5-17)24(32)29-10-12-30(13-11-29)25(33)26(34)8-9-26/h1-7,16,20-21,34H,8-15,27H2,(H,28,31). The summed E-state index contributed by atoms with van der Waals surface area (Å²) in [5, 5.41) is 13.0. The largest absolute Gasteiger partial charge is 0.380 e. The highest BCUT2D eigenvalue weighted by atomic mass is 16.3. The van der Waals surface area contributed by atoms with Crippen LogP contribution in [0.4, 0.5) is 5.69 Å². The molecule has 1 saturated heterocycles. The van der Waals surface area contributed by atoms with E-state index in [0.717, 1.165) is 29.7 Å². The first-order chi connectivity index (χ1) is 16.3. The van der Waals surface area contributed by atoms with Gasteiger partial charge in [-0.25, -0.2) is 0 Å². The molecule has 34 heavy (non-hydrogen) atoms. The topological polar surface area (TPSA) is 116 Å². The molecule has 3 amide bonds. The minimum Gasteiger partial charge on any atom is -0.380 e. The number of hydrogen-bond donors (Lipinski definition) is 3. The molecule has 2 saturated carbocycles. The summed E-state index contributed by atoms with van der Waals surface area (Å²) in [4.78, 5) is 41.0. The SMILES string of the molecule is NC1CC(C(=O)Nc2cccc(-c3ccc(C(=O)N4CCN(C(=O)C5(O)CC5)CC4)cc3)c2)C1. The maximum Gasteiger partial charge on any atom is 0.254 e. The molecule has 0 radical (unpaired) electrons. The van der Waals surface area contributed by atoms with Crippen LogP contribution >= 0.6 is 0 Å². The van der Waals surface area contributed by atoms with E-state index in [2.05, 4.69) is 5.32 Å². The summed E-state index contributed by atoms with van der Waals surface area (Å²) < 4.78 is 0. The van der Waals surface area contributed by atoms with Gasteiger partial charge in [-0.05, 0) is 61.1 Å². The number of benzene rings is 2. The Balaban J connectivity index is 1.19. The number of rotatable bonds is 5. The molecule has 1 heterocycles. The van der Waals surface area contributed by atoms with E-state index in [1.807, 2.05) is 48.5 Å². The summed E-state index contributed by atoms with van der Waals surface area (Å²) >= 11 is 0. The lowest BCUT2D eigenvalue weighted by atomic mass is 9.80. The van der Waals surface area contributed by atoms with E-state index in [1.165, 1.54) is 0 Å². The number of nitrogens with two attached hydrogens (primary N) is 1. The zero-order valence-electron chi connectivity index (χ0n) is 19.1. The van der Waals surface area contributed by atoms with Gasteiger partial charge in [0.2, 0.25) is 5.91 Å². The van der Waals surface area contributed by atoms with Crippen molar-refractivity contribution in [2.24, 2.45) is 11.7 Å². The number of hydrogen-bond acceptors (Lipinski definition) is 5. The van der Waals surface area contributed by atoms with Crippen molar-refractivity contribution in [1.82, 2.24) is 9.80 Å². The fourth-order valence-electron chi connectivity index (χ4n) is 4.62. The van der Waals surface area contributed by atoms with Gasteiger partial charge in [-0.2, -0.15) is 0 Å². The molecule has 8 nitrogen and oxygen atoms in total. The van der Waals surface area contributed by atoms with Crippen molar-refractivity contribution in [3.63, 3.8) is 0 Å². The molecule has 2 aromatic carbocycles. The molecule has 3 fully saturated rings.